The fourth-order valence-electron chi connectivity index (χ4n) is 1.34. The van der Waals surface area contributed by atoms with E-state index in [4.69, 9.17) is 0 Å². The first-order valence-electron chi connectivity index (χ1n) is 3.85. The van der Waals surface area contributed by atoms with Gasteiger partial charge in [-0.1, -0.05) is 19.3 Å². The van der Waals surface area contributed by atoms with Crippen LogP contribution in [0, 0.1) is 12.3 Å². The van der Waals surface area contributed by atoms with Crippen molar-refractivity contribution in [2.24, 2.45) is 5.92 Å². The fourth-order valence-corrected chi connectivity index (χ4v) is 1.34. The zero-order valence-electron chi connectivity index (χ0n) is 6.01. The SMILES string of the molecule is [O]C(=O)C1[CH]CCCCC1. The lowest BCUT2D eigenvalue weighted by Gasteiger charge is -2.03. The molecule has 1 atom stereocenters. The van der Waals surface area contributed by atoms with Crippen molar-refractivity contribution < 1.29 is 9.90 Å². The van der Waals surface area contributed by atoms with Crippen LogP contribution in [0.4, 0.5) is 0 Å². The Kier molecular flexibility index (Phi) is 2.72. The van der Waals surface area contributed by atoms with Gasteiger partial charge in [0, 0.05) is 0 Å². The van der Waals surface area contributed by atoms with E-state index in [1.807, 2.05) is 6.42 Å². The summed E-state index contributed by atoms with van der Waals surface area (Å²) in [7, 11) is 0. The molecule has 2 nitrogen and oxygen atoms in total. The average molecular weight is 140 g/mol. The molecular formula is C8H12O2. The van der Waals surface area contributed by atoms with E-state index < -0.39 is 5.97 Å². The van der Waals surface area contributed by atoms with Crippen LogP contribution in [0.25, 0.3) is 0 Å². The second-order valence-corrected chi connectivity index (χ2v) is 2.80. The van der Waals surface area contributed by atoms with E-state index in [2.05, 4.69) is 0 Å². The maximum absolute atomic E-state index is 10.4. The predicted molar refractivity (Wildman–Crippen MR) is 36.6 cm³/mol. The number of rotatable bonds is 1. The summed E-state index contributed by atoms with van der Waals surface area (Å²) in [6.45, 7) is 0. The molecule has 0 amide bonds. The predicted octanol–water partition coefficient (Wildman–Crippen LogP) is 1.73. The third-order valence-electron chi connectivity index (χ3n) is 1.97. The van der Waals surface area contributed by atoms with Gasteiger partial charge in [0.2, 0.25) is 0 Å². The summed E-state index contributed by atoms with van der Waals surface area (Å²) in [5, 5.41) is 10.4. The second-order valence-electron chi connectivity index (χ2n) is 2.80. The molecule has 1 saturated carbocycles. The number of hydrogen-bond donors (Lipinski definition) is 0. The highest BCUT2D eigenvalue weighted by Gasteiger charge is 2.20. The zero-order chi connectivity index (χ0) is 7.40. The molecule has 1 fully saturated rings. The lowest BCUT2D eigenvalue weighted by atomic mass is 10.0. The van der Waals surface area contributed by atoms with E-state index in [1.165, 1.54) is 6.42 Å². The zero-order valence-corrected chi connectivity index (χ0v) is 6.01. The van der Waals surface area contributed by atoms with E-state index >= 15 is 0 Å². The largest absolute Gasteiger partial charge is 0.358 e. The first-order valence-corrected chi connectivity index (χ1v) is 3.85. The molecule has 0 aromatic rings. The molecule has 1 aliphatic rings. The average Bonchev–Trinajstić information content (AvgIpc) is 2.12. The third kappa shape index (κ3) is 2.01. The van der Waals surface area contributed by atoms with Gasteiger partial charge in [0.15, 0.2) is 0 Å². The van der Waals surface area contributed by atoms with Gasteiger partial charge in [-0.3, -0.25) is 0 Å². The van der Waals surface area contributed by atoms with Crippen LogP contribution in [0.1, 0.15) is 32.1 Å². The minimum Gasteiger partial charge on any atom is -0.247 e. The van der Waals surface area contributed by atoms with Gasteiger partial charge in [-0.15, -0.1) is 0 Å². The maximum Gasteiger partial charge on any atom is 0.358 e. The van der Waals surface area contributed by atoms with Crippen LogP contribution < -0.4 is 0 Å². The summed E-state index contributed by atoms with van der Waals surface area (Å²) in [6, 6.07) is 0. The van der Waals surface area contributed by atoms with Crippen LogP contribution in [0.15, 0.2) is 0 Å². The van der Waals surface area contributed by atoms with E-state index in [1.54, 1.807) is 0 Å². The van der Waals surface area contributed by atoms with Gasteiger partial charge in [0.05, 0.1) is 5.92 Å². The van der Waals surface area contributed by atoms with Gasteiger partial charge >= 0.3 is 5.97 Å². The normalized spacial score (nSPS) is 22.0. The molecule has 1 rings (SSSR count). The topological polar surface area (TPSA) is 37.0 Å². The van der Waals surface area contributed by atoms with E-state index in [-0.39, 0.29) is 5.92 Å². The van der Waals surface area contributed by atoms with Gasteiger partial charge in [-0.2, -0.15) is 0 Å². The highest BCUT2D eigenvalue weighted by molar-refractivity contribution is 5.71. The Morgan fingerprint density at radius 2 is 2.10 bits per heavy atom. The molecule has 0 N–H and O–H groups in total. The van der Waals surface area contributed by atoms with Crippen molar-refractivity contribution in [3.05, 3.63) is 6.42 Å². The second kappa shape index (κ2) is 3.59. The fraction of sp³-hybridized carbons (Fsp3) is 0.750. The van der Waals surface area contributed by atoms with Gasteiger partial charge in [-0.25, -0.2) is 9.90 Å². The molecule has 2 heteroatoms. The molecule has 0 heterocycles. The molecule has 0 saturated heterocycles. The molecule has 0 bridgehead atoms. The highest BCUT2D eigenvalue weighted by Crippen LogP contribution is 2.21. The minimum atomic E-state index is -0.901. The van der Waals surface area contributed by atoms with Crippen LogP contribution in [0.2, 0.25) is 0 Å². The van der Waals surface area contributed by atoms with E-state index in [9.17, 15) is 9.90 Å². The van der Waals surface area contributed by atoms with Crippen LogP contribution in [-0.4, -0.2) is 5.97 Å². The van der Waals surface area contributed by atoms with Crippen LogP contribution in [0.3, 0.4) is 0 Å². The molecule has 1 aliphatic carbocycles. The maximum atomic E-state index is 10.4. The van der Waals surface area contributed by atoms with Gasteiger partial charge in [-0.05, 0) is 19.3 Å². The van der Waals surface area contributed by atoms with Crippen LogP contribution in [-0.2, 0) is 9.90 Å². The standard InChI is InChI=1S/C8H12O2/c9-8(10)7-5-3-1-2-4-6-7/h5,7H,1-4,6H2. The molecule has 10 heavy (non-hydrogen) atoms. The molecule has 0 aliphatic heterocycles. The number of carbonyl (C=O) groups excluding carboxylic acids is 1. The van der Waals surface area contributed by atoms with Crippen molar-refractivity contribution in [1.82, 2.24) is 0 Å². The molecule has 56 valence electrons. The van der Waals surface area contributed by atoms with E-state index in [0.717, 1.165) is 25.7 Å². The summed E-state index contributed by atoms with van der Waals surface area (Å²) in [5.74, 6) is -1.18. The molecule has 2 radical (unpaired) electrons. The van der Waals surface area contributed by atoms with Gasteiger partial charge < -0.3 is 0 Å². The highest BCUT2D eigenvalue weighted by atomic mass is 16.4. The Labute approximate surface area is 61.2 Å². The quantitative estimate of drug-likeness (QED) is 0.511. The summed E-state index contributed by atoms with van der Waals surface area (Å²) in [5.41, 5.74) is 0. The van der Waals surface area contributed by atoms with Crippen LogP contribution in [0.5, 0.6) is 0 Å². The van der Waals surface area contributed by atoms with E-state index in [0.29, 0.717) is 0 Å². The molecule has 0 spiro atoms. The molecular weight excluding hydrogens is 128 g/mol. The van der Waals surface area contributed by atoms with Crippen molar-refractivity contribution in [2.45, 2.75) is 32.1 Å². The Bertz CT molecular complexity index is 112. The number of hydrogen-bond acceptors (Lipinski definition) is 1. The smallest absolute Gasteiger partial charge is 0.247 e. The molecule has 1 unspecified atom stereocenters. The summed E-state index contributed by atoms with van der Waals surface area (Å²) < 4.78 is 0. The molecule has 0 aromatic heterocycles. The lowest BCUT2D eigenvalue weighted by Crippen LogP contribution is -2.11. The van der Waals surface area contributed by atoms with Crippen molar-refractivity contribution in [2.75, 3.05) is 0 Å². The molecule has 0 aromatic carbocycles. The third-order valence-corrected chi connectivity index (χ3v) is 1.97. The lowest BCUT2D eigenvalue weighted by molar-refractivity contribution is -0.147. The van der Waals surface area contributed by atoms with Crippen LogP contribution >= 0.6 is 0 Å². The first kappa shape index (κ1) is 7.58. The Morgan fingerprint density at radius 1 is 1.30 bits per heavy atom. The van der Waals surface area contributed by atoms with Crippen molar-refractivity contribution >= 4 is 5.97 Å². The monoisotopic (exact) mass is 140 g/mol. The minimum absolute atomic E-state index is 0.275. The Balaban J connectivity index is 2.35. The Morgan fingerprint density at radius 3 is 2.80 bits per heavy atom. The first-order chi connectivity index (χ1) is 4.80. The van der Waals surface area contributed by atoms with Gasteiger partial charge in [0.25, 0.3) is 0 Å². The van der Waals surface area contributed by atoms with Crippen molar-refractivity contribution in [1.29, 1.82) is 0 Å². The van der Waals surface area contributed by atoms with Crippen molar-refractivity contribution in [3.8, 4) is 0 Å². The van der Waals surface area contributed by atoms with Crippen molar-refractivity contribution in [3.63, 3.8) is 0 Å². The summed E-state index contributed by atoms with van der Waals surface area (Å²) in [4.78, 5) is 10.4. The summed E-state index contributed by atoms with van der Waals surface area (Å²) >= 11 is 0. The number of carbonyl (C=O) groups is 1. The Hall–Kier alpha value is -0.530. The van der Waals surface area contributed by atoms with Gasteiger partial charge in [0.1, 0.15) is 0 Å². The summed E-state index contributed by atoms with van der Waals surface area (Å²) in [6.07, 6.45) is 6.95.